The van der Waals surface area contributed by atoms with Crippen LogP contribution in [0.2, 0.25) is 0 Å². The van der Waals surface area contributed by atoms with Crippen molar-refractivity contribution in [1.82, 2.24) is 4.98 Å². The van der Waals surface area contributed by atoms with Gasteiger partial charge in [0.15, 0.2) is 5.72 Å². The lowest BCUT2D eigenvalue weighted by Gasteiger charge is -2.34. The second-order valence-electron chi connectivity index (χ2n) is 5.92. The number of pyridine rings is 1. The number of amides is 1. The van der Waals surface area contributed by atoms with Gasteiger partial charge in [0.05, 0.1) is 0 Å². The van der Waals surface area contributed by atoms with Gasteiger partial charge in [0.1, 0.15) is 5.82 Å². The third-order valence-corrected chi connectivity index (χ3v) is 4.37. The number of nitrogens with zero attached hydrogens (tertiary/aromatic N) is 2. The van der Waals surface area contributed by atoms with Crippen LogP contribution in [-0.4, -0.2) is 16.0 Å². The zero-order valence-electron chi connectivity index (χ0n) is 13.2. The highest BCUT2D eigenvalue weighted by atomic mass is 16.3. The molecular formula is C20H16N2O2. The number of anilines is 1. The SMILES string of the molecule is Cc1ccnc(N2C(=O)c3ccccc3[C@@]2(O)c2ccccc2)c1. The summed E-state index contributed by atoms with van der Waals surface area (Å²) in [6.07, 6.45) is 1.65. The Kier molecular flexibility index (Phi) is 3.22. The molecule has 0 saturated carbocycles. The smallest absolute Gasteiger partial charge is 0.262 e. The Morgan fingerprint density at radius 3 is 2.46 bits per heavy atom. The van der Waals surface area contributed by atoms with Gasteiger partial charge in [0, 0.05) is 22.9 Å². The molecule has 1 aliphatic heterocycles. The largest absolute Gasteiger partial charge is 0.363 e. The highest BCUT2D eigenvalue weighted by Crippen LogP contribution is 2.44. The number of carbonyl (C=O) groups is 1. The average molecular weight is 316 g/mol. The molecule has 1 aromatic heterocycles. The Morgan fingerprint density at radius 2 is 1.71 bits per heavy atom. The molecule has 0 saturated heterocycles. The summed E-state index contributed by atoms with van der Waals surface area (Å²) in [6, 6.07) is 20.0. The van der Waals surface area contributed by atoms with Crippen molar-refractivity contribution in [1.29, 1.82) is 0 Å². The minimum absolute atomic E-state index is 0.255. The van der Waals surface area contributed by atoms with E-state index in [4.69, 9.17) is 0 Å². The first kappa shape index (κ1) is 14.6. The number of aryl methyl sites for hydroxylation is 1. The Bertz CT molecular complexity index is 924. The van der Waals surface area contributed by atoms with E-state index in [-0.39, 0.29) is 5.91 Å². The summed E-state index contributed by atoms with van der Waals surface area (Å²) in [5.41, 5.74) is 1.10. The molecule has 0 unspecified atom stereocenters. The van der Waals surface area contributed by atoms with Crippen LogP contribution in [-0.2, 0) is 5.72 Å². The summed E-state index contributed by atoms with van der Waals surface area (Å²) < 4.78 is 0. The predicted octanol–water partition coefficient (Wildman–Crippen LogP) is 3.24. The van der Waals surface area contributed by atoms with Gasteiger partial charge in [-0.05, 0) is 30.7 Å². The quantitative estimate of drug-likeness (QED) is 0.789. The van der Waals surface area contributed by atoms with Crippen molar-refractivity contribution >= 4 is 11.7 Å². The molecular weight excluding hydrogens is 300 g/mol. The van der Waals surface area contributed by atoms with Gasteiger partial charge in [0.2, 0.25) is 0 Å². The number of aliphatic hydroxyl groups is 1. The fourth-order valence-electron chi connectivity index (χ4n) is 3.23. The third-order valence-electron chi connectivity index (χ3n) is 4.37. The molecule has 24 heavy (non-hydrogen) atoms. The molecule has 4 rings (SSSR count). The van der Waals surface area contributed by atoms with E-state index in [1.54, 1.807) is 30.5 Å². The highest BCUT2D eigenvalue weighted by molar-refractivity contribution is 6.12. The third kappa shape index (κ3) is 1.97. The normalized spacial score (nSPS) is 19.4. The monoisotopic (exact) mass is 316 g/mol. The molecule has 4 heteroatoms. The second-order valence-corrected chi connectivity index (χ2v) is 5.92. The average Bonchev–Trinajstić information content (AvgIpc) is 2.85. The molecule has 1 aliphatic rings. The van der Waals surface area contributed by atoms with E-state index < -0.39 is 5.72 Å². The summed E-state index contributed by atoms with van der Waals surface area (Å²) in [5.74, 6) is 0.178. The molecule has 118 valence electrons. The molecule has 1 amide bonds. The molecule has 1 N–H and O–H groups in total. The molecule has 4 nitrogen and oxygen atoms in total. The van der Waals surface area contributed by atoms with Gasteiger partial charge in [0.25, 0.3) is 5.91 Å². The maximum Gasteiger partial charge on any atom is 0.262 e. The summed E-state index contributed by atoms with van der Waals surface area (Å²) in [7, 11) is 0. The van der Waals surface area contributed by atoms with Crippen LogP contribution in [0.4, 0.5) is 5.82 Å². The number of aromatic nitrogens is 1. The minimum Gasteiger partial charge on any atom is -0.363 e. The molecule has 0 radical (unpaired) electrons. The summed E-state index contributed by atoms with van der Waals surface area (Å²) in [5, 5.41) is 11.7. The first-order chi connectivity index (χ1) is 11.6. The lowest BCUT2D eigenvalue weighted by atomic mass is 9.94. The predicted molar refractivity (Wildman–Crippen MR) is 91.7 cm³/mol. The van der Waals surface area contributed by atoms with E-state index in [1.165, 1.54) is 4.90 Å². The molecule has 0 fully saturated rings. The zero-order valence-corrected chi connectivity index (χ0v) is 13.2. The fraction of sp³-hybridized carbons (Fsp3) is 0.100. The first-order valence-electron chi connectivity index (χ1n) is 7.77. The van der Waals surface area contributed by atoms with E-state index >= 15 is 0 Å². The van der Waals surface area contributed by atoms with Crippen LogP contribution in [0.25, 0.3) is 0 Å². The van der Waals surface area contributed by atoms with Crippen molar-refractivity contribution in [3.05, 3.63) is 95.2 Å². The molecule has 1 atom stereocenters. The maximum absolute atomic E-state index is 13.0. The number of rotatable bonds is 2. The number of hydrogen-bond donors (Lipinski definition) is 1. The van der Waals surface area contributed by atoms with E-state index in [0.717, 1.165) is 5.56 Å². The molecule has 0 spiro atoms. The van der Waals surface area contributed by atoms with E-state index in [9.17, 15) is 9.90 Å². The standard InChI is InChI=1S/C20H16N2O2/c1-14-11-12-21-18(13-14)22-19(23)16-9-5-6-10-17(16)20(22,24)15-7-3-2-4-8-15/h2-13,24H,1H3/t20-/m0/s1. The molecule has 0 bridgehead atoms. The van der Waals surface area contributed by atoms with E-state index in [2.05, 4.69) is 4.98 Å². The van der Waals surface area contributed by atoms with Crippen molar-refractivity contribution in [3.63, 3.8) is 0 Å². The number of benzene rings is 2. The second kappa shape index (κ2) is 5.28. The lowest BCUT2D eigenvalue weighted by Crippen LogP contribution is -2.45. The van der Waals surface area contributed by atoms with Crippen LogP contribution in [0.5, 0.6) is 0 Å². The molecule has 2 heterocycles. The molecule has 3 aromatic rings. The highest BCUT2D eigenvalue weighted by Gasteiger charge is 2.51. The van der Waals surface area contributed by atoms with Crippen molar-refractivity contribution in [2.45, 2.75) is 12.6 Å². The van der Waals surface area contributed by atoms with Crippen LogP contribution in [0.1, 0.15) is 27.0 Å². The summed E-state index contributed by atoms with van der Waals surface area (Å²) in [4.78, 5) is 18.7. The van der Waals surface area contributed by atoms with Gasteiger partial charge >= 0.3 is 0 Å². The van der Waals surface area contributed by atoms with Gasteiger partial charge in [-0.1, -0.05) is 48.5 Å². The van der Waals surface area contributed by atoms with Gasteiger partial charge in [-0.2, -0.15) is 0 Å². The Hall–Kier alpha value is -2.98. The number of hydrogen-bond acceptors (Lipinski definition) is 3. The summed E-state index contributed by atoms with van der Waals surface area (Å²) in [6.45, 7) is 1.93. The van der Waals surface area contributed by atoms with Crippen molar-refractivity contribution < 1.29 is 9.90 Å². The van der Waals surface area contributed by atoms with Gasteiger partial charge in [-0.3, -0.25) is 9.69 Å². The van der Waals surface area contributed by atoms with Crippen LogP contribution in [0.15, 0.2) is 72.9 Å². The number of fused-ring (bicyclic) bond motifs is 1. The topological polar surface area (TPSA) is 53.4 Å². The van der Waals surface area contributed by atoms with Crippen molar-refractivity contribution in [2.75, 3.05) is 4.90 Å². The van der Waals surface area contributed by atoms with Crippen LogP contribution in [0.3, 0.4) is 0 Å². The lowest BCUT2D eigenvalue weighted by molar-refractivity contribution is 0.0698. The Labute approximate surface area is 140 Å². The van der Waals surface area contributed by atoms with Crippen LogP contribution < -0.4 is 4.90 Å². The molecule has 0 aliphatic carbocycles. The van der Waals surface area contributed by atoms with E-state index in [0.29, 0.717) is 22.5 Å². The Balaban J connectivity index is 2.00. The van der Waals surface area contributed by atoms with Gasteiger partial charge in [-0.15, -0.1) is 0 Å². The number of carbonyl (C=O) groups excluding carboxylic acids is 1. The fourth-order valence-corrected chi connectivity index (χ4v) is 3.23. The Morgan fingerprint density at radius 1 is 1.00 bits per heavy atom. The minimum atomic E-state index is -1.57. The first-order valence-corrected chi connectivity index (χ1v) is 7.77. The maximum atomic E-state index is 13.0. The summed E-state index contributed by atoms with van der Waals surface area (Å²) >= 11 is 0. The van der Waals surface area contributed by atoms with Gasteiger partial charge in [-0.25, -0.2) is 4.98 Å². The van der Waals surface area contributed by atoms with Gasteiger partial charge < -0.3 is 5.11 Å². The van der Waals surface area contributed by atoms with Crippen molar-refractivity contribution in [2.24, 2.45) is 0 Å². The molecule has 2 aromatic carbocycles. The zero-order chi connectivity index (χ0) is 16.7. The van der Waals surface area contributed by atoms with Crippen molar-refractivity contribution in [3.8, 4) is 0 Å². The van der Waals surface area contributed by atoms with Crippen LogP contribution in [0, 0.1) is 6.92 Å². The van der Waals surface area contributed by atoms with E-state index in [1.807, 2.05) is 49.4 Å². The van der Waals surface area contributed by atoms with Crippen LogP contribution >= 0.6 is 0 Å².